The van der Waals surface area contributed by atoms with E-state index in [4.69, 9.17) is 9.47 Å². The standard InChI is InChI=1S/C16H23NO3/c1-19-13-3-2-12-5-7-17-6-4-11-10-20-15(18)8-14(11)16(12,17)9-13/h2,11,13-14H,3-10H2,1H3/t11?,13-,14?,16-/m0/s1. The zero-order valence-electron chi connectivity index (χ0n) is 12.1. The Hall–Kier alpha value is -0.870. The fourth-order valence-corrected chi connectivity index (χ4v) is 5.12. The number of rotatable bonds is 1. The Labute approximate surface area is 120 Å². The summed E-state index contributed by atoms with van der Waals surface area (Å²) in [5.74, 6) is 0.971. The summed E-state index contributed by atoms with van der Waals surface area (Å²) in [6.45, 7) is 2.93. The van der Waals surface area contributed by atoms with E-state index < -0.39 is 0 Å². The Morgan fingerprint density at radius 1 is 1.45 bits per heavy atom. The number of hydrogen-bond acceptors (Lipinski definition) is 4. The summed E-state index contributed by atoms with van der Waals surface area (Å²) < 4.78 is 11.0. The lowest BCUT2D eigenvalue weighted by molar-refractivity contribution is -0.162. The van der Waals surface area contributed by atoms with Crippen LogP contribution in [-0.4, -0.2) is 49.3 Å². The van der Waals surface area contributed by atoms with Crippen molar-refractivity contribution in [3.05, 3.63) is 11.6 Å². The van der Waals surface area contributed by atoms with Crippen LogP contribution in [0.4, 0.5) is 0 Å². The summed E-state index contributed by atoms with van der Waals surface area (Å²) in [4.78, 5) is 14.5. The molecule has 20 heavy (non-hydrogen) atoms. The van der Waals surface area contributed by atoms with Gasteiger partial charge < -0.3 is 9.47 Å². The van der Waals surface area contributed by atoms with Crippen molar-refractivity contribution in [2.45, 2.75) is 43.7 Å². The summed E-state index contributed by atoms with van der Waals surface area (Å²) >= 11 is 0. The Balaban J connectivity index is 1.75. The molecule has 3 saturated heterocycles. The van der Waals surface area contributed by atoms with Gasteiger partial charge in [-0.05, 0) is 44.1 Å². The minimum Gasteiger partial charge on any atom is -0.465 e. The third-order valence-electron chi connectivity index (χ3n) is 6.07. The summed E-state index contributed by atoms with van der Waals surface area (Å²) in [7, 11) is 1.81. The first kappa shape index (κ1) is 12.8. The largest absolute Gasteiger partial charge is 0.465 e. The lowest BCUT2D eigenvalue weighted by Gasteiger charge is -2.55. The van der Waals surface area contributed by atoms with E-state index in [0.29, 0.717) is 31.0 Å². The van der Waals surface area contributed by atoms with E-state index in [0.717, 1.165) is 25.9 Å². The average Bonchev–Trinajstić information content (AvgIpc) is 2.86. The molecule has 4 rings (SSSR count). The van der Waals surface area contributed by atoms with Gasteiger partial charge in [-0.3, -0.25) is 9.69 Å². The van der Waals surface area contributed by atoms with Crippen molar-refractivity contribution in [2.24, 2.45) is 11.8 Å². The second-order valence-electron chi connectivity index (χ2n) is 6.73. The van der Waals surface area contributed by atoms with Crippen molar-refractivity contribution in [2.75, 3.05) is 26.8 Å². The molecule has 3 aliphatic heterocycles. The predicted octanol–water partition coefficient (Wildman–Crippen LogP) is 1.75. The number of methoxy groups -OCH3 is 1. The lowest BCUT2D eigenvalue weighted by Crippen LogP contribution is -2.62. The normalized spacial score (nSPS) is 44.1. The van der Waals surface area contributed by atoms with Crippen LogP contribution in [-0.2, 0) is 14.3 Å². The van der Waals surface area contributed by atoms with Crippen LogP contribution in [0.1, 0.15) is 32.1 Å². The van der Waals surface area contributed by atoms with Crippen LogP contribution in [0.2, 0.25) is 0 Å². The molecule has 1 aliphatic carbocycles. The fraction of sp³-hybridized carbons (Fsp3) is 0.812. The molecule has 0 N–H and O–H groups in total. The number of piperidine rings is 1. The third-order valence-corrected chi connectivity index (χ3v) is 6.07. The number of nitrogens with zero attached hydrogens (tertiary/aromatic N) is 1. The number of carbonyl (C=O) groups excluding carboxylic acids is 1. The highest BCUT2D eigenvalue weighted by atomic mass is 16.5. The van der Waals surface area contributed by atoms with E-state index in [1.807, 2.05) is 7.11 Å². The minimum absolute atomic E-state index is 0.00624. The molecule has 0 radical (unpaired) electrons. The van der Waals surface area contributed by atoms with E-state index in [1.54, 1.807) is 5.57 Å². The van der Waals surface area contributed by atoms with Crippen LogP contribution in [0, 0.1) is 11.8 Å². The summed E-state index contributed by atoms with van der Waals surface area (Å²) in [5, 5.41) is 0. The van der Waals surface area contributed by atoms with Gasteiger partial charge in [-0.15, -0.1) is 0 Å². The zero-order chi connectivity index (χ0) is 13.7. The Morgan fingerprint density at radius 3 is 3.20 bits per heavy atom. The van der Waals surface area contributed by atoms with Gasteiger partial charge >= 0.3 is 5.97 Å². The smallest absolute Gasteiger partial charge is 0.306 e. The van der Waals surface area contributed by atoms with Crippen molar-refractivity contribution >= 4 is 5.97 Å². The van der Waals surface area contributed by atoms with E-state index in [9.17, 15) is 4.79 Å². The zero-order valence-corrected chi connectivity index (χ0v) is 12.1. The molecular weight excluding hydrogens is 254 g/mol. The molecule has 4 nitrogen and oxygen atoms in total. The topological polar surface area (TPSA) is 38.8 Å². The van der Waals surface area contributed by atoms with Gasteiger partial charge in [0.2, 0.25) is 0 Å². The maximum absolute atomic E-state index is 11.8. The number of ether oxygens (including phenoxy) is 2. The monoisotopic (exact) mass is 277 g/mol. The van der Waals surface area contributed by atoms with E-state index >= 15 is 0 Å². The number of cyclic esters (lactones) is 1. The van der Waals surface area contributed by atoms with Gasteiger partial charge in [0.15, 0.2) is 0 Å². The van der Waals surface area contributed by atoms with Crippen molar-refractivity contribution < 1.29 is 14.3 Å². The van der Waals surface area contributed by atoms with Crippen LogP contribution in [0.25, 0.3) is 0 Å². The number of carbonyl (C=O) groups is 1. The molecule has 0 aromatic rings. The molecule has 2 unspecified atom stereocenters. The Kier molecular flexibility index (Phi) is 2.93. The third kappa shape index (κ3) is 1.64. The highest BCUT2D eigenvalue weighted by molar-refractivity contribution is 5.71. The maximum Gasteiger partial charge on any atom is 0.306 e. The second-order valence-corrected chi connectivity index (χ2v) is 6.73. The highest BCUT2D eigenvalue weighted by Gasteiger charge is 2.58. The average molecular weight is 277 g/mol. The highest BCUT2D eigenvalue weighted by Crippen LogP contribution is 2.54. The van der Waals surface area contributed by atoms with Crippen LogP contribution >= 0.6 is 0 Å². The summed E-state index contributed by atoms with van der Waals surface area (Å²) in [6, 6.07) is 0. The van der Waals surface area contributed by atoms with E-state index in [1.165, 1.54) is 12.8 Å². The number of esters is 1. The molecule has 0 aromatic heterocycles. The van der Waals surface area contributed by atoms with Crippen molar-refractivity contribution in [3.8, 4) is 0 Å². The molecule has 4 heteroatoms. The first-order valence-electron chi connectivity index (χ1n) is 7.87. The molecule has 4 aliphatic rings. The van der Waals surface area contributed by atoms with E-state index in [2.05, 4.69) is 11.0 Å². The minimum atomic E-state index is -0.00624. The Bertz CT molecular complexity index is 461. The van der Waals surface area contributed by atoms with Crippen molar-refractivity contribution in [1.82, 2.24) is 4.90 Å². The first-order chi connectivity index (χ1) is 9.74. The van der Waals surface area contributed by atoms with Crippen LogP contribution in [0.3, 0.4) is 0 Å². The van der Waals surface area contributed by atoms with Crippen LogP contribution in [0.15, 0.2) is 11.6 Å². The van der Waals surface area contributed by atoms with Gasteiger partial charge in [-0.25, -0.2) is 0 Å². The second kappa shape index (κ2) is 4.57. The summed E-state index contributed by atoms with van der Waals surface area (Å²) in [5.41, 5.74) is 1.68. The van der Waals surface area contributed by atoms with Gasteiger partial charge in [0, 0.05) is 19.2 Å². The SMILES string of the molecule is CO[C@H]1CC=C2CCN3CCC4COC(=O)CC4[C@]23C1. The van der Waals surface area contributed by atoms with Crippen molar-refractivity contribution in [1.29, 1.82) is 0 Å². The fourth-order valence-electron chi connectivity index (χ4n) is 5.12. The quantitative estimate of drug-likeness (QED) is 0.541. The van der Waals surface area contributed by atoms with Gasteiger partial charge in [-0.1, -0.05) is 11.6 Å². The molecule has 4 atom stereocenters. The number of hydrogen-bond donors (Lipinski definition) is 0. The molecule has 110 valence electrons. The summed E-state index contributed by atoms with van der Waals surface area (Å²) in [6.07, 6.45) is 7.73. The molecule has 3 heterocycles. The van der Waals surface area contributed by atoms with E-state index in [-0.39, 0.29) is 11.5 Å². The van der Waals surface area contributed by atoms with Gasteiger partial charge in [0.05, 0.1) is 19.1 Å². The van der Waals surface area contributed by atoms with Gasteiger partial charge in [0.25, 0.3) is 0 Å². The van der Waals surface area contributed by atoms with Crippen molar-refractivity contribution in [3.63, 3.8) is 0 Å². The molecule has 1 spiro atoms. The Morgan fingerprint density at radius 2 is 2.35 bits per heavy atom. The molecular formula is C16H23NO3. The molecule has 3 fully saturated rings. The first-order valence-corrected chi connectivity index (χ1v) is 7.87. The lowest BCUT2D eigenvalue weighted by atomic mass is 9.62. The van der Waals surface area contributed by atoms with Crippen LogP contribution < -0.4 is 0 Å². The number of fused-ring (bicyclic) bond motifs is 1. The van der Waals surface area contributed by atoms with Gasteiger partial charge in [-0.2, -0.15) is 0 Å². The predicted molar refractivity (Wildman–Crippen MR) is 74.2 cm³/mol. The van der Waals surface area contributed by atoms with Gasteiger partial charge in [0.1, 0.15) is 0 Å². The molecule has 0 aromatic carbocycles. The maximum atomic E-state index is 11.8. The molecule has 0 bridgehead atoms. The molecule has 0 amide bonds. The molecule has 0 saturated carbocycles. The van der Waals surface area contributed by atoms with Crippen LogP contribution in [0.5, 0.6) is 0 Å².